The summed E-state index contributed by atoms with van der Waals surface area (Å²) in [4.78, 5) is 24.3. The van der Waals surface area contributed by atoms with E-state index in [9.17, 15) is 14.7 Å². The molecule has 2 aromatic carbocycles. The molecule has 1 aliphatic carbocycles. The Morgan fingerprint density at radius 3 is 2.36 bits per heavy atom. The lowest BCUT2D eigenvalue weighted by atomic mass is 10.1. The quantitative estimate of drug-likeness (QED) is 0.650. The van der Waals surface area contributed by atoms with Gasteiger partial charge >= 0.3 is 0 Å². The van der Waals surface area contributed by atoms with Crippen LogP contribution in [-0.4, -0.2) is 22.5 Å². The Morgan fingerprint density at radius 1 is 1.04 bits per heavy atom. The fourth-order valence-corrected chi connectivity index (χ4v) is 2.76. The molecule has 0 unspecified atom stereocenters. The molecular formula is C20H18N2O3. The van der Waals surface area contributed by atoms with Crippen molar-refractivity contribution in [3.8, 4) is 0 Å². The molecule has 0 bridgehead atoms. The van der Waals surface area contributed by atoms with Crippen LogP contribution in [-0.2, 0) is 11.2 Å². The summed E-state index contributed by atoms with van der Waals surface area (Å²) < 4.78 is 0. The molecule has 0 saturated heterocycles. The summed E-state index contributed by atoms with van der Waals surface area (Å²) in [5, 5.41) is 14.2. The largest absolute Gasteiger partial charge is 0.506 e. The van der Waals surface area contributed by atoms with E-state index in [0.717, 1.165) is 5.56 Å². The molecule has 0 spiro atoms. The molecule has 2 aromatic rings. The molecule has 0 radical (unpaired) electrons. The summed E-state index contributed by atoms with van der Waals surface area (Å²) in [6.45, 7) is 1.59. The molecule has 1 amide bonds. The molecule has 3 rings (SSSR count). The van der Waals surface area contributed by atoms with E-state index in [1.54, 1.807) is 31.2 Å². The van der Waals surface area contributed by atoms with Crippen LogP contribution >= 0.6 is 0 Å². The number of hydrogen-bond donors (Lipinski definition) is 2. The number of rotatable bonds is 5. The van der Waals surface area contributed by atoms with Gasteiger partial charge in [-0.1, -0.05) is 54.6 Å². The van der Waals surface area contributed by atoms with Gasteiger partial charge in [-0.15, -0.1) is 0 Å². The van der Waals surface area contributed by atoms with Crippen LogP contribution in [0.15, 0.2) is 65.3 Å². The number of aryl methyl sites for hydroxylation is 1. The summed E-state index contributed by atoms with van der Waals surface area (Å²) >= 11 is 0. The number of carbonyl (C=O) groups excluding carboxylic acids is 2. The standard InChI is InChI=1S/C20H18N2O3/c1-13(18-19(24)15-9-5-6-10-16(15)20(18)25)21-22-17(23)12-11-14-7-3-2-4-8-14/h2-10,24H,11-12H2,1H3,(H,22,23)/b21-13+. The van der Waals surface area contributed by atoms with Crippen molar-refractivity contribution in [3.63, 3.8) is 0 Å². The summed E-state index contributed by atoms with van der Waals surface area (Å²) in [6.07, 6.45) is 0.902. The highest BCUT2D eigenvalue weighted by Crippen LogP contribution is 2.31. The number of Topliss-reactive ketones (excluding diaryl/α,β-unsaturated/α-hetero) is 1. The SMILES string of the molecule is C/C(=N\NC(=O)CCc1ccccc1)C1=C(O)c2ccccc2C1=O. The van der Waals surface area contributed by atoms with Crippen molar-refractivity contribution in [2.75, 3.05) is 0 Å². The molecular weight excluding hydrogens is 316 g/mol. The van der Waals surface area contributed by atoms with Gasteiger partial charge in [0.1, 0.15) is 5.76 Å². The predicted molar refractivity (Wildman–Crippen MR) is 96.3 cm³/mol. The lowest BCUT2D eigenvalue weighted by molar-refractivity contribution is -0.121. The lowest BCUT2D eigenvalue weighted by Gasteiger charge is -2.04. The van der Waals surface area contributed by atoms with Crippen molar-refractivity contribution in [2.24, 2.45) is 5.10 Å². The third kappa shape index (κ3) is 3.50. The lowest BCUT2D eigenvalue weighted by Crippen LogP contribution is -2.21. The van der Waals surface area contributed by atoms with E-state index in [1.807, 2.05) is 30.3 Å². The minimum absolute atomic E-state index is 0.0969. The van der Waals surface area contributed by atoms with Crippen LogP contribution in [0.2, 0.25) is 0 Å². The summed E-state index contributed by atoms with van der Waals surface area (Å²) in [6, 6.07) is 16.5. The Labute approximate surface area is 145 Å². The zero-order chi connectivity index (χ0) is 17.8. The Bertz CT molecular complexity index is 883. The molecule has 0 saturated carbocycles. The molecule has 2 N–H and O–H groups in total. The average Bonchev–Trinajstić information content (AvgIpc) is 2.90. The fraction of sp³-hybridized carbons (Fsp3) is 0.150. The summed E-state index contributed by atoms with van der Waals surface area (Å²) in [7, 11) is 0. The second kappa shape index (κ2) is 7.13. The van der Waals surface area contributed by atoms with E-state index in [-0.39, 0.29) is 28.7 Å². The van der Waals surface area contributed by atoms with Crippen molar-refractivity contribution in [1.29, 1.82) is 0 Å². The number of ketones is 1. The first-order valence-electron chi connectivity index (χ1n) is 8.02. The number of nitrogens with one attached hydrogen (secondary N) is 1. The zero-order valence-electron chi connectivity index (χ0n) is 13.8. The van der Waals surface area contributed by atoms with Crippen molar-refractivity contribution >= 4 is 23.2 Å². The topological polar surface area (TPSA) is 78.8 Å². The molecule has 1 aliphatic rings. The van der Waals surface area contributed by atoms with Gasteiger partial charge in [0.05, 0.1) is 11.3 Å². The van der Waals surface area contributed by atoms with Gasteiger partial charge in [0, 0.05) is 17.5 Å². The van der Waals surface area contributed by atoms with Crippen LogP contribution < -0.4 is 5.43 Å². The normalized spacial score (nSPS) is 13.8. The molecule has 0 fully saturated rings. The smallest absolute Gasteiger partial charge is 0.240 e. The van der Waals surface area contributed by atoms with Gasteiger partial charge in [-0.2, -0.15) is 5.10 Å². The molecule has 126 valence electrons. The molecule has 25 heavy (non-hydrogen) atoms. The van der Waals surface area contributed by atoms with Crippen molar-refractivity contribution in [1.82, 2.24) is 5.43 Å². The highest BCUT2D eigenvalue weighted by Gasteiger charge is 2.31. The third-order valence-corrected chi connectivity index (χ3v) is 4.08. The van der Waals surface area contributed by atoms with Gasteiger partial charge in [-0.05, 0) is 18.9 Å². The van der Waals surface area contributed by atoms with Crippen molar-refractivity contribution in [3.05, 3.63) is 76.9 Å². The molecule has 0 aliphatic heterocycles. The van der Waals surface area contributed by atoms with Crippen LogP contribution in [0.3, 0.4) is 0 Å². The van der Waals surface area contributed by atoms with E-state index in [1.165, 1.54) is 0 Å². The summed E-state index contributed by atoms with van der Waals surface area (Å²) in [5.74, 6) is -0.625. The maximum Gasteiger partial charge on any atom is 0.240 e. The fourth-order valence-electron chi connectivity index (χ4n) is 2.76. The minimum atomic E-state index is -0.284. The summed E-state index contributed by atoms with van der Waals surface area (Å²) in [5.41, 5.74) is 4.87. The number of benzene rings is 2. The predicted octanol–water partition coefficient (Wildman–Crippen LogP) is 3.28. The van der Waals surface area contributed by atoms with E-state index in [0.29, 0.717) is 24.0 Å². The number of nitrogens with zero attached hydrogens (tertiary/aromatic N) is 1. The van der Waals surface area contributed by atoms with Crippen LogP contribution in [0.1, 0.15) is 34.8 Å². The number of fused-ring (bicyclic) bond motifs is 1. The number of hydrogen-bond acceptors (Lipinski definition) is 4. The first-order valence-corrected chi connectivity index (χ1v) is 8.02. The van der Waals surface area contributed by atoms with Crippen molar-refractivity contribution in [2.45, 2.75) is 19.8 Å². The van der Waals surface area contributed by atoms with Crippen LogP contribution in [0.25, 0.3) is 5.76 Å². The van der Waals surface area contributed by atoms with E-state index >= 15 is 0 Å². The van der Waals surface area contributed by atoms with Crippen LogP contribution in [0.5, 0.6) is 0 Å². The number of aliphatic hydroxyl groups excluding tert-OH is 1. The first-order chi connectivity index (χ1) is 12.1. The number of amides is 1. The van der Waals surface area contributed by atoms with Gasteiger partial charge in [0.2, 0.25) is 5.91 Å². The van der Waals surface area contributed by atoms with Crippen LogP contribution in [0.4, 0.5) is 0 Å². The average molecular weight is 334 g/mol. The Hall–Kier alpha value is -3.21. The van der Waals surface area contributed by atoms with Gasteiger partial charge < -0.3 is 5.11 Å². The van der Waals surface area contributed by atoms with Gasteiger partial charge in [-0.3, -0.25) is 9.59 Å². The third-order valence-electron chi connectivity index (χ3n) is 4.08. The van der Waals surface area contributed by atoms with Crippen molar-refractivity contribution < 1.29 is 14.7 Å². The Kier molecular flexibility index (Phi) is 4.75. The zero-order valence-corrected chi connectivity index (χ0v) is 13.8. The molecule has 0 aromatic heterocycles. The maximum atomic E-state index is 12.4. The molecule has 0 heterocycles. The molecule has 5 heteroatoms. The Balaban J connectivity index is 1.65. The second-order valence-electron chi connectivity index (χ2n) is 5.82. The maximum absolute atomic E-state index is 12.4. The number of hydrazone groups is 1. The highest BCUT2D eigenvalue weighted by atomic mass is 16.3. The number of aliphatic hydroxyl groups is 1. The van der Waals surface area contributed by atoms with Crippen LogP contribution in [0, 0.1) is 0 Å². The first kappa shape index (κ1) is 16.6. The van der Waals surface area contributed by atoms with E-state index in [4.69, 9.17) is 0 Å². The number of allylic oxidation sites excluding steroid dienone is 1. The van der Waals surface area contributed by atoms with E-state index in [2.05, 4.69) is 10.5 Å². The van der Waals surface area contributed by atoms with Gasteiger partial charge in [0.25, 0.3) is 0 Å². The monoisotopic (exact) mass is 334 g/mol. The minimum Gasteiger partial charge on any atom is -0.506 e. The molecule has 5 nitrogen and oxygen atoms in total. The molecule has 0 atom stereocenters. The highest BCUT2D eigenvalue weighted by molar-refractivity contribution is 6.35. The van der Waals surface area contributed by atoms with Gasteiger partial charge in [-0.25, -0.2) is 5.43 Å². The Morgan fingerprint density at radius 2 is 1.68 bits per heavy atom. The number of carbonyl (C=O) groups is 2. The van der Waals surface area contributed by atoms with E-state index < -0.39 is 0 Å². The second-order valence-corrected chi connectivity index (χ2v) is 5.82. The van der Waals surface area contributed by atoms with Gasteiger partial charge in [0.15, 0.2) is 5.78 Å².